The van der Waals surface area contributed by atoms with Crippen LogP contribution in [-0.4, -0.2) is 27.0 Å². The molecule has 1 rings (SSSR count). The molecule has 1 heterocycles. The summed E-state index contributed by atoms with van der Waals surface area (Å²) in [6, 6.07) is 0. The molecule has 0 saturated carbocycles. The molecule has 0 saturated heterocycles. The second-order valence-electron chi connectivity index (χ2n) is 2.40. The van der Waals surface area contributed by atoms with Crippen LogP contribution >= 0.6 is 11.8 Å². The zero-order valence-corrected chi connectivity index (χ0v) is 7.93. The highest BCUT2D eigenvalue weighted by Crippen LogP contribution is 2.26. The lowest BCUT2D eigenvalue weighted by atomic mass is 10.6. The highest BCUT2D eigenvalue weighted by atomic mass is 32.2. The van der Waals surface area contributed by atoms with Gasteiger partial charge in [0.05, 0.1) is 11.5 Å². The van der Waals surface area contributed by atoms with Crippen molar-refractivity contribution >= 4 is 17.7 Å². The van der Waals surface area contributed by atoms with Gasteiger partial charge in [-0.1, -0.05) is 5.16 Å². The third-order valence-corrected chi connectivity index (χ3v) is 2.07. The smallest absolute Gasteiger partial charge is 0.455 e. The molecule has 1 aromatic heterocycles. The van der Waals surface area contributed by atoms with Crippen molar-refractivity contribution in [2.24, 2.45) is 0 Å². The predicted octanol–water partition coefficient (Wildman–Crippen LogP) is 1.41. The lowest BCUT2D eigenvalue weighted by Gasteiger charge is -1.96. The van der Waals surface area contributed by atoms with E-state index in [4.69, 9.17) is 5.11 Å². The van der Waals surface area contributed by atoms with E-state index in [1.54, 1.807) is 0 Å². The first-order valence-electron chi connectivity index (χ1n) is 3.59. The SMILES string of the molecule is O=C(O)CSCc1nc(C(F)(F)F)no1. The Kier molecular flexibility index (Phi) is 3.56. The van der Waals surface area contributed by atoms with Crippen LogP contribution in [0.5, 0.6) is 0 Å². The van der Waals surface area contributed by atoms with Gasteiger partial charge in [-0.15, -0.1) is 11.8 Å². The molecule has 0 aromatic carbocycles. The average molecular weight is 242 g/mol. The summed E-state index contributed by atoms with van der Waals surface area (Å²) in [5.41, 5.74) is 0. The number of aliphatic carboxylic acids is 1. The van der Waals surface area contributed by atoms with Gasteiger partial charge in [0.1, 0.15) is 0 Å². The summed E-state index contributed by atoms with van der Waals surface area (Å²) in [6.45, 7) is 0. The molecular formula is C6H5F3N2O3S. The first kappa shape index (κ1) is 11.8. The second-order valence-corrected chi connectivity index (χ2v) is 3.38. The molecule has 0 aliphatic rings. The number of rotatable bonds is 4. The minimum atomic E-state index is -4.64. The van der Waals surface area contributed by atoms with Crippen LogP contribution in [-0.2, 0) is 16.7 Å². The molecule has 0 aliphatic carbocycles. The molecule has 0 atom stereocenters. The van der Waals surface area contributed by atoms with Crippen LogP contribution in [0.15, 0.2) is 4.52 Å². The van der Waals surface area contributed by atoms with E-state index in [0.717, 1.165) is 11.8 Å². The minimum Gasteiger partial charge on any atom is -0.481 e. The van der Waals surface area contributed by atoms with Crippen LogP contribution in [0.25, 0.3) is 0 Å². The zero-order valence-electron chi connectivity index (χ0n) is 7.11. The van der Waals surface area contributed by atoms with E-state index in [2.05, 4.69) is 14.7 Å². The van der Waals surface area contributed by atoms with Gasteiger partial charge in [-0.25, -0.2) is 0 Å². The summed E-state index contributed by atoms with van der Waals surface area (Å²) in [5.74, 6) is -2.95. The maximum atomic E-state index is 12.0. The fourth-order valence-electron chi connectivity index (χ4n) is 0.654. The van der Waals surface area contributed by atoms with E-state index in [-0.39, 0.29) is 17.4 Å². The van der Waals surface area contributed by atoms with E-state index in [0.29, 0.717) is 0 Å². The Balaban J connectivity index is 2.50. The lowest BCUT2D eigenvalue weighted by molar-refractivity contribution is -0.146. The Morgan fingerprint density at radius 3 is 2.67 bits per heavy atom. The van der Waals surface area contributed by atoms with Crippen molar-refractivity contribution in [2.75, 3.05) is 5.75 Å². The van der Waals surface area contributed by atoms with E-state index in [1.807, 2.05) is 0 Å². The van der Waals surface area contributed by atoms with Gasteiger partial charge in [0, 0.05) is 0 Å². The summed E-state index contributed by atoms with van der Waals surface area (Å²) in [4.78, 5) is 13.1. The third kappa shape index (κ3) is 3.78. The summed E-state index contributed by atoms with van der Waals surface area (Å²) < 4.78 is 40.2. The third-order valence-electron chi connectivity index (χ3n) is 1.17. The second kappa shape index (κ2) is 4.51. The molecule has 0 amide bonds. The van der Waals surface area contributed by atoms with Crippen LogP contribution in [0.2, 0.25) is 0 Å². The number of thioether (sulfide) groups is 1. The molecule has 0 fully saturated rings. The molecule has 84 valence electrons. The topological polar surface area (TPSA) is 76.2 Å². The number of carbonyl (C=O) groups is 1. The van der Waals surface area contributed by atoms with E-state index in [1.165, 1.54) is 0 Å². The highest BCUT2D eigenvalue weighted by Gasteiger charge is 2.37. The summed E-state index contributed by atoms with van der Waals surface area (Å²) >= 11 is 0.875. The van der Waals surface area contributed by atoms with E-state index >= 15 is 0 Å². The van der Waals surface area contributed by atoms with Gasteiger partial charge in [0.2, 0.25) is 5.89 Å². The van der Waals surface area contributed by atoms with Crippen molar-refractivity contribution in [1.82, 2.24) is 10.1 Å². The lowest BCUT2D eigenvalue weighted by Crippen LogP contribution is -2.07. The molecule has 1 N–H and O–H groups in total. The first-order chi connectivity index (χ1) is 6.89. The van der Waals surface area contributed by atoms with Crippen molar-refractivity contribution < 1.29 is 27.6 Å². The molecule has 9 heteroatoms. The average Bonchev–Trinajstić information content (AvgIpc) is 2.51. The maximum Gasteiger partial charge on any atom is 0.455 e. The number of aromatic nitrogens is 2. The van der Waals surface area contributed by atoms with Gasteiger partial charge in [0.25, 0.3) is 5.82 Å². The van der Waals surface area contributed by atoms with Gasteiger partial charge >= 0.3 is 12.1 Å². The molecule has 0 aliphatic heterocycles. The van der Waals surface area contributed by atoms with Gasteiger partial charge < -0.3 is 9.63 Å². The largest absolute Gasteiger partial charge is 0.481 e. The molecule has 0 bridgehead atoms. The summed E-state index contributed by atoms with van der Waals surface area (Å²) in [5, 5.41) is 11.0. The Morgan fingerprint density at radius 1 is 1.53 bits per heavy atom. The van der Waals surface area contributed by atoms with Gasteiger partial charge in [-0.3, -0.25) is 4.79 Å². The molecule has 0 spiro atoms. The van der Waals surface area contributed by atoms with Gasteiger partial charge in [-0.05, 0) is 0 Å². The number of carboxylic acids is 1. The fraction of sp³-hybridized carbons (Fsp3) is 0.500. The van der Waals surface area contributed by atoms with E-state index in [9.17, 15) is 18.0 Å². The van der Waals surface area contributed by atoms with Crippen LogP contribution in [0.3, 0.4) is 0 Å². The number of nitrogens with zero attached hydrogens (tertiary/aromatic N) is 2. The number of alkyl halides is 3. The molecule has 5 nitrogen and oxygen atoms in total. The number of hydrogen-bond acceptors (Lipinski definition) is 5. The number of carboxylic acid groups (broad SMARTS) is 1. The van der Waals surface area contributed by atoms with Crippen LogP contribution in [0, 0.1) is 0 Å². The standard InChI is InChI=1S/C6H5F3N2O3S/c7-6(8,9)5-10-3(14-11-5)1-15-2-4(12)13/h1-2H2,(H,12,13). The summed E-state index contributed by atoms with van der Waals surface area (Å²) in [7, 11) is 0. The predicted molar refractivity (Wildman–Crippen MR) is 43.1 cm³/mol. The molecular weight excluding hydrogens is 237 g/mol. The highest BCUT2D eigenvalue weighted by molar-refractivity contribution is 7.99. The van der Waals surface area contributed by atoms with Crippen molar-refractivity contribution in [3.8, 4) is 0 Å². The molecule has 0 radical (unpaired) electrons. The Morgan fingerprint density at radius 2 is 2.20 bits per heavy atom. The van der Waals surface area contributed by atoms with Crippen LogP contribution < -0.4 is 0 Å². The van der Waals surface area contributed by atoms with Gasteiger partial charge in [0.15, 0.2) is 0 Å². The normalized spacial score (nSPS) is 11.7. The van der Waals surface area contributed by atoms with E-state index < -0.39 is 18.0 Å². The van der Waals surface area contributed by atoms with Crippen LogP contribution in [0.1, 0.15) is 11.7 Å². The quantitative estimate of drug-likeness (QED) is 0.860. The maximum absolute atomic E-state index is 12.0. The van der Waals surface area contributed by atoms with Crippen molar-refractivity contribution in [1.29, 1.82) is 0 Å². The monoisotopic (exact) mass is 242 g/mol. The minimum absolute atomic E-state index is 0.0601. The van der Waals surface area contributed by atoms with Crippen molar-refractivity contribution in [3.05, 3.63) is 11.7 Å². The summed E-state index contributed by atoms with van der Waals surface area (Å²) in [6.07, 6.45) is -4.64. The van der Waals surface area contributed by atoms with Crippen LogP contribution in [0.4, 0.5) is 13.2 Å². The Bertz CT molecular complexity index is 352. The molecule has 15 heavy (non-hydrogen) atoms. The molecule has 1 aromatic rings. The Labute approximate surface area is 85.7 Å². The number of halogens is 3. The number of hydrogen-bond donors (Lipinski definition) is 1. The molecule has 0 unspecified atom stereocenters. The Hall–Kier alpha value is -1.25. The zero-order chi connectivity index (χ0) is 11.5. The fourth-order valence-corrected chi connectivity index (χ4v) is 1.22. The van der Waals surface area contributed by atoms with Crippen molar-refractivity contribution in [2.45, 2.75) is 11.9 Å². The first-order valence-corrected chi connectivity index (χ1v) is 4.74. The van der Waals surface area contributed by atoms with Crippen molar-refractivity contribution in [3.63, 3.8) is 0 Å². The van der Waals surface area contributed by atoms with Gasteiger partial charge in [-0.2, -0.15) is 18.2 Å².